The molecule has 3 aromatic carbocycles. The van der Waals surface area contributed by atoms with E-state index in [4.69, 9.17) is 4.74 Å². The largest absolute Gasteiger partial charge is 0.506 e. The molecule has 0 fully saturated rings. The van der Waals surface area contributed by atoms with Crippen LogP contribution in [0.15, 0.2) is 58.8 Å². The summed E-state index contributed by atoms with van der Waals surface area (Å²) in [6.07, 6.45) is -0.713. The van der Waals surface area contributed by atoms with Gasteiger partial charge in [-0.05, 0) is 23.6 Å². The van der Waals surface area contributed by atoms with E-state index in [0.29, 0.717) is 10.8 Å². The smallest absolute Gasteiger partial charge is 0.412 e. The predicted octanol–water partition coefficient (Wildman–Crippen LogP) is 4.29. The highest BCUT2D eigenvalue weighted by Gasteiger charge is 2.15. The Morgan fingerprint density at radius 1 is 1.11 bits per heavy atom. The zero-order valence-corrected chi connectivity index (χ0v) is 14.5. The highest BCUT2D eigenvalue weighted by Crippen LogP contribution is 2.42. The quantitative estimate of drug-likeness (QED) is 0.348. The number of phenolic OH excluding ortho intramolecular Hbond substituents is 2. The van der Waals surface area contributed by atoms with Crippen molar-refractivity contribution >= 4 is 33.9 Å². The summed E-state index contributed by atoms with van der Waals surface area (Å²) in [5.74, 6) is -0.449. The van der Waals surface area contributed by atoms with E-state index in [2.05, 4.69) is 15.5 Å². The van der Waals surface area contributed by atoms with Gasteiger partial charge < -0.3 is 20.3 Å². The second-order valence-corrected chi connectivity index (χ2v) is 5.56. The Bertz CT molecular complexity index is 1110. The van der Waals surface area contributed by atoms with Crippen molar-refractivity contribution in [1.29, 1.82) is 0 Å². The minimum atomic E-state index is -0.713. The van der Waals surface area contributed by atoms with Crippen LogP contribution in [0.2, 0.25) is 0 Å². The number of carbonyl (C=O) groups excluding carboxylic acids is 1. The van der Waals surface area contributed by atoms with Crippen molar-refractivity contribution < 1.29 is 24.7 Å². The first-order valence-corrected chi connectivity index (χ1v) is 7.94. The number of carbonyl (C=O) groups is 1. The van der Waals surface area contributed by atoms with E-state index in [9.17, 15) is 25.1 Å². The topological polar surface area (TPSA) is 147 Å². The molecule has 0 heterocycles. The lowest BCUT2D eigenvalue weighted by Gasteiger charge is -2.10. The first kappa shape index (κ1) is 18.6. The molecule has 0 radical (unpaired) electrons. The Morgan fingerprint density at radius 2 is 1.86 bits per heavy atom. The van der Waals surface area contributed by atoms with Gasteiger partial charge in [-0.15, -0.1) is 10.2 Å². The van der Waals surface area contributed by atoms with Crippen molar-refractivity contribution in [2.24, 2.45) is 10.2 Å². The zero-order valence-electron chi connectivity index (χ0n) is 14.5. The van der Waals surface area contributed by atoms with Gasteiger partial charge in [0.25, 0.3) is 5.69 Å². The van der Waals surface area contributed by atoms with Crippen LogP contribution in [0.5, 0.6) is 17.2 Å². The Kier molecular flexibility index (Phi) is 5.03. The zero-order chi connectivity index (χ0) is 20.3. The van der Waals surface area contributed by atoms with E-state index in [1.54, 1.807) is 18.2 Å². The van der Waals surface area contributed by atoms with Crippen molar-refractivity contribution in [3.05, 3.63) is 58.6 Å². The monoisotopic (exact) mass is 382 g/mol. The van der Waals surface area contributed by atoms with E-state index in [-0.39, 0.29) is 34.3 Å². The highest BCUT2D eigenvalue weighted by molar-refractivity contribution is 6.00. The molecule has 0 saturated heterocycles. The number of nitrogens with one attached hydrogen (secondary N) is 1. The molecule has 0 aliphatic rings. The number of rotatable bonds is 4. The second-order valence-electron chi connectivity index (χ2n) is 5.56. The molecule has 0 atom stereocenters. The summed E-state index contributed by atoms with van der Waals surface area (Å²) in [6, 6.07) is 11.2. The molecule has 0 bridgehead atoms. The van der Waals surface area contributed by atoms with Crippen LogP contribution in [0.25, 0.3) is 10.8 Å². The molecule has 3 N–H and O–H groups in total. The summed E-state index contributed by atoms with van der Waals surface area (Å²) < 4.78 is 5.20. The third kappa shape index (κ3) is 3.65. The van der Waals surface area contributed by atoms with E-state index < -0.39 is 11.0 Å². The van der Waals surface area contributed by atoms with Crippen LogP contribution in [0.3, 0.4) is 0 Å². The van der Waals surface area contributed by atoms with Crippen LogP contribution in [0.1, 0.15) is 0 Å². The predicted molar refractivity (Wildman–Crippen MR) is 99.6 cm³/mol. The normalized spacial score (nSPS) is 10.9. The lowest BCUT2D eigenvalue weighted by Crippen LogP contribution is -2.22. The lowest BCUT2D eigenvalue weighted by atomic mass is 10.1. The summed E-state index contributed by atoms with van der Waals surface area (Å²) in [5, 5.41) is 42.0. The molecular weight excluding hydrogens is 368 g/mol. The minimum absolute atomic E-state index is 0.0251. The second kappa shape index (κ2) is 7.58. The third-order valence-electron chi connectivity index (χ3n) is 3.79. The molecular formula is C18H14N4O6. The van der Waals surface area contributed by atoms with Gasteiger partial charge in [-0.25, -0.2) is 4.79 Å². The number of nitrogens with zero attached hydrogens (tertiary/aromatic N) is 3. The summed E-state index contributed by atoms with van der Waals surface area (Å²) in [7, 11) is 1.40. The van der Waals surface area contributed by atoms with Crippen LogP contribution in [-0.4, -0.2) is 28.3 Å². The highest BCUT2D eigenvalue weighted by atomic mass is 16.6. The molecule has 142 valence electrons. The number of fused-ring (bicyclic) bond motifs is 1. The van der Waals surface area contributed by atoms with Crippen LogP contribution >= 0.6 is 0 Å². The average molecular weight is 382 g/mol. The van der Waals surface area contributed by atoms with Crippen LogP contribution in [-0.2, 0) is 0 Å². The average Bonchev–Trinajstić information content (AvgIpc) is 2.68. The Hall–Kier alpha value is -4.21. The number of hydrogen-bond acceptors (Lipinski definition) is 8. The molecule has 3 rings (SSSR count). The van der Waals surface area contributed by atoms with Gasteiger partial charge in [-0.3, -0.25) is 10.1 Å². The van der Waals surface area contributed by atoms with Gasteiger partial charge in [0, 0.05) is 19.2 Å². The van der Waals surface area contributed by atoms with Gasteiger partial charge in [0.2, 0.25) is 0 Å². The SMILES string of the molecule is CNC(=O)Oc1cccc2ccc(O)c(N=Nc3cc([N+](=O)[O-])ccc3O)c12. The molecule has 0 saturated carbocycles. The molecule has 3 aromatic rings. The van der Waals surface area contributed by atoms with Crippen LogP contribution < -0.4 is 10.1 Å². The number of nitro groups is 1. The van der Waals surface area contributed by atoms with Gasteiger partial charge in [0.1, 0.15) is 28.6 Å². The number of amides is 1. The fourth-order valence-electron chi connectivity index (χ4n) is 2.46. The van der Waals surface area contributed by atoms with Gasteiger partial charge >= 0.3 is 6.09 Å². The van der Waals surface area contributed by atoms with Crippen molar-refractivity contribution in [1.82, 2.24) is 5.32 Å². The van der Waals surface area contributed by atoms with Gasteiger partial charge in [0.05, 0.1) is 10.3 Å². The van der Waals surface area contributed by atoms with E-state index in [1.165, 1.54) is 19.2 Å². The van der Waals surface area contributed by atoms with Crippen molar-refractivity contribution in [2.45, 2.75) is 0 Å². The number of non-ortho nitro benzene ring substituents is 1. The first-order valence-electron chi connectivity index (χ1n) is 7.94. The van der Waals surface area contributed by atoms with Crippen molar-refractivity contribution in [3.63, 3.8) is 0 Å². The summed E-state index contributed by atoms with van der Waals surface area (Å²) in [4.78, 5) is 21.9. The molecule has 0 aliphatic carbocycles. The van der Waals surface area contributed by atoms with Crippen molar-refractivity contribution in [2.75, 3.05) is 7.05 Å². The summed E-state index contributed by atoms with van der Waals surface area (Å²) in [5.41, 5.74) is -0.462. The molecule has 10 nitrogen and oxygen atoms in total. The third-order valence-corrected chi connectivity index (χ3v) is 3.79. The number of phenols is 2. The Labute approximate surface area is 157 Å². The Morgan fingerprint density at radius 3 is 2.57 bits per heavy atom. The molecule has 10 heteroatoms. The van der Waals surface area contributed by atoms with E-state index in [1.807, 2.05) is 0 Å². The minimum Gasteiger partial charge on any atom is -0.506 e. The first-order chi connectivity index (χ1) is 13.4. The number of hydrogen-bond donors (Lipinski definition) is 3. The molecule has 0 unspecified atom stereocenters. The maximum Gasteiger partial charge on any atom is 0.412 e. The number of aromatic hydroxyl groups is 2. The fourth-order valence-corrected chi connectivity index (χ4v) is 2.46. The molecule has 0 aromatic heterocycles. The maximum absolute atomic E-state index is 11.6. The number of azo groups is 1. The fraction of sp³-hybridized carbons (Fsp3) is 0.0556. The number of benzene rings is 3. The molecule has 28 heavy (non-hydrogen) atoms. The van der Waals surface area contributed by atoms with E-state index in [0.717, 1.165) is 18.2 Å². The number of nitro benzene ring substituents is 1. The maximum atomic E-state index is 11.6. The summed E-state index contributed by atoms with van der Waals surface area (Å²) >= 11 is 0. The van der Waals surface area contributed by atoms with Gasteiger partial charge in [-0.1, -0.05) is 18.2 Å². The molecule has 1 amide bonds. The Balaban J connectivity index is 2.14. The lowest BCUT2D eigenvalue weighted by molar-refractivity contribution is -0.384. The molecule has 0 aliphatic heterocycles. The van der Waals surface area contributed by atoms with Gasteiger partial charge in [-0.2, -0.15) is 0 Å². The van der Waals surface area contributed by atoms with Crippen LogP contribution in [0.4, 0.5) is 21.9 Å². The van der Waals surface area contributed by atoms with E-state index >= 15 is 0 Å². The molecule has 0 spiro atoms. The van der Waals surface area contributed by atoms with Crippen molar-refractivity contribution in [3.8, 4) is 17.2 Å². The van der Waals surface area contributed by atoms with Crippen LogP contribution in [0, 0.1) is 10.1 Å². The number of ether oxygens (including phenoxy) is 1. The summed E-state index contributed by atoms with van der Waals surface area (Å²) in [6.45, 7) is 0. The standard InChI is InChI=1S/C18H14N4O6/c1-19-18(25)28-15-4-2-3-10-5-7-14(24)17(16(10)15)21-20-12-9-11(22(26)27)6-8-13(12)23/h2-9,23-24H,1H3,(H,19,25). The van der Waals surface area contributed by atoms with Gasteiger partial charge in [0.15, 0.2) is 0 Å².